The van der Waals surface area contributed by atoms with E-state index in [1.54, 1.807) is 32.9 Å². The third-order valence-corrected chi connectivity index (χ3v) is 4.63. The molecule has 1 aromatic carbocycles. The van der Waals surface area contributed by atoms with Gasteiger partial charge in [0.15, 0.2) is 0 Å². The standard InChI is InChI=1S/C22H25ClN4O3/c1-22(2,3)30-21(29)26-17(20(28)25-15-9-10-19(23)24-12-15)11-14-13-27(4)18-8-6-5-7-16(14)18/h5-10,12-13,17H,11H2,1-4H3,(H,25,28)(H,26,29)/t17-/m1/s1. The number of hydrogen-bond acceptors (Lipinski definition) is 4. The number of rotatable bonds is 5. The molecule has 0 bridgehead atoms. The van der Waals surface area contributed by atoms with E-state index in [4.69, 9.17) is 16.3 Å². The molecule has 2 aromatic heterocycles. The molecule has 0 unspecified atom stereocenters. The molecule has 3 aromatic rings. The summed E-state index contributed by atoms with van der Waals surface area (Å²) in [6.07, 6.45) is 3.07. The SMILES string of the molecule is Cn1cc(C[C@@H](NC(=O)OC(C)(C)C)C(=O)Nc2ccc(Cl)nc2)c2ccccc21. The number of halogens is 1. The Hall–Kier alpha value is -3.06. The molecule has 0 saturated carbocycles. The minimum atomic E-state index is -0.846. The molecule has 0 aliphatic carbocycles. The number of carbonyl (C=O) groups is 2. The van der Waals surface area contributed by atoms with Gasteiger partial charge >= 0.3 is 6.09 Å². The van der Waals surface area contributed by atoms with Gasteiger partial charge in [-0.1, -0.05) is 29.8 Å². The van der Waals surface area contributed by atoms with Crippen LogP contribution in [-0.4, -0.2) is 33.2 Å². The van der Waals surface area contributed by atoms with Crippen LogP contribution in [0.2, 0.25) is 5.15 Å². The number of fused-ring (bicyclic) bond motifs is 1. The molecule has 0 radical (unpaired) electrons. The average molecular weight is 429 g/mol. The van der Waals surface area contributed by atoms with Crippen LogP contribution in [0, 0.1) is 0 Å². The fraction of sp³-hybridized carbons (Fsp3) is 0.318. The number of nitrogens with zero attached hydrogens (tertiary/aromatic N) is 2. The van der Waals surface area contributed by atoms with Crippen molar-refractivity contribution in [2.24, 2.45) is 7.05 Å². The average Bonchev–Trinajstić information content (AvgIpc) is 2.97. The second-order valence-corrected chi connectivity index (χ2v) is 8.43. The van der Waals surface area contributed by atoms with Crippen LogP contribution in [0.15, 0.2) is 48.8 Å². The van der Waals surface area contributed by atoms with Gasteiger partial charge in [0.05, 0.1) is 11.9 Å². The summed E-state index contributed by atoms with van der Waals surface area (Å²) in [7, 11) is 1.95. The van der Waals surface area contributed by atoms with Crippen molar-refractivity contribution in [2.75, 3.05) is 5.32 Å². The maximum atomic E-state index is 13.0. The van der Waals surface area contributed by atoms with E-state index in [-0.39, 0.29) is 5.91 Å². The van der Waals surface area contributed by atoms with Crippen molar-refractivity contribution < 1.29 is 14.3 Å². The van der Waals surface area contributed by atoms with E-state index in [0.717, 1.165) is 16.5 Å². The van der Waals surface area contributed by atoms with E-state index < -0.39 is 17.7 Å². The number of hydrogen-bond donors (Lipinski definition) is 2. The van der Waals surface area contributed by atoms with E-state index in [1.165, 1.54) is 6.20 Å². The number of pyridine rings is 1. The third-order valence-electron chi connectivity index (χ3n) is 4.41. The number of carbonyl (C=O) groups excluding carboxylic acids is 2. The molecule has 30 heavy (non-hydrogen) atoms. The van der Waals surface area contributed by atoms with Crippen molar-refractivity contribution in [3.8, 4) is 0 Å². The molecule has 3 rings (SSSR count). The van der Waals surface area contributed by atoms with E-state index >= 15 is 0 Å². The zero-order chi connectivity index (χ0) is 21.9. The zero-order valence-corrected chi connectivity index (χ0v) is 18.2. The predicted octanol–water partition coefficient (Wildman–Crippen LogP) is 4.30. The molecule has 2 amide bonds. The van der Waals surface area contributed by atoms with Gasteiger partial charge in [-0.3, -0.25) is 4.79 Å². The lowest BCUT2D eigenvalue weighted by atomic mass is 10.0. The zero-order valence-electron chi connectivity index (χ0n) is 17.4. The first-order chi connectivity index (χ1) is 14.1. The summed E-state index contributed by atoms with van der Waals surface area (Å²) in [6.45, 7) is 5.31. The number of nitrogens with one attached hydrogen (secondary N) is 2. The van der Waals surface area contributed by atoms with E-state index in [0.29, 0.717) is 17.3 Å². The van der Waals surface area contributed by atoms with E-state index in [2.05, 4.69) is 15.6 Å². The van der Waals surface area contributed by atoms with Crippen molar-refractivity contribution in [3.05, 3.63) is 59.5 Å². The second-order valence-electron chi connectivity index (χ2n) is 8.04. The number of benzene rings is 1. The Morgan fingerprint density at radius 1 is 1.20 bits per heavy atom. The van der Waals surface area contributed by atoms with Gasteiger partial charge in [0.25, 0.3) is 0 Å². The summed E-state index contributed by atoms with van der Waals surface area (Å²) in [4.78, 5) is 29.3. The molecule has 2 N–H and O–H groups in total. The van der Waals surface area contributed by atoms with Gasteiger partial charge in [-0.25, -0.2) is 9.78 Å². The monoisotopic (exact) mass is 428 g/mol. The molecule has 0 spiro atoms. The Kier molecular flexibility index (Phi) is 6.31. The quantitative estimate of drug-likeness (QED) is 0.593. The smallest absolute Gasteiger partial charge is 0.408 e. The van der Waals surface area contributed by atoms with Crippen molar-refractivity contribution in [3.63, 3.8) is 0 Å². The van der Waals surface area contributed by atoms with Crippen molar-refractivity contribution >= 4 is 40.2 Å². The summed E-state index contributed by atoms with van der Waals surface area (Å²) in [6, 6.07) is 10.3. The molecule has 7 nitrogen and oxygen atoms in total. The summed E-state index contributed by atoms with van der Waals surface area (Å²) in [5.74, 6) is -0.377. The van der Waals surface area contributed by atoms with Crippen LogP contribution in [0.25, 0.3) is 10.9 Å². The Labute approximate surface area is 180 Å². The maximum Gasteiger partial charge on any atom is 0.408 e. The summed E-state index contributed by atoms with van der Waals surface area (Å²) < 4.78 is 7.35. The number of aryl methyl sites for hydroxylation is 1. The lowest BCUT2D eigenvalue weighted by molar-refractivity contribution is -0.118. The fourth-order valence-electron chi connectivity index (χ4n) is 3.15. The molecule has 0 fully saturated rings. The minimum absolute atomic E-state index is 0.299. The van der Waals surface area contributed by atoms with Gasteiger partial charge < -0.3 is 19.9 Å². The molecular formula is C22H25ClN4O3. The van der Waals surface area contributed by atoms with Gasteiger partial charge in [-0.15, -0.1) is 0 Å². The van der Waals surface area contributed by atoms with Crippen LogP contribution in [0.4, 0.5) is 10.5 Å². The Balaban J connectivity index is 1.85. The Morgan fingerprint density at radius 3 is 2.60 bits per heavy atom. The molecule has 2 heterocycles. The lowest BCUT2D eigenvalue weighted by Crippen LogP contribution is -2.47. The van der Waals surface area contributed by atoms with Crippen molar-refractivity contribution in [1.29, 1.82) is 0 Å². The third kappa shape index (κ3) is 5.51. The van der Waals surface area contributed by atoms with Crippen LogP contribution >= 0.6 is 11.6 Å². The van der Waals surface area contributed by atoms with Gasteiger partial charge in [-0.2, -0.15) is 0 Å². The largest absolute Gasteiger partial charge is 0.444 e. The predicted molar refractivity (Wildman–Crippen MR) is 118 cm³/mol. The number of para-hydroxylation sites is 1. The minimum Gasteiger partial charge on any atom is -0.444 e. The molecule has 158 valence electrons. The normalized spacial score (nSPS) is 12.4. The number of amides is 2. The van der Waals surface area contributed by atoms with E-state index in [1.807, 2.05) is 42.1 Å². The highest BCUT2D eigenvalue weighted by molar-refractivity contribution is 6.29. The summed E-state index contributed by atoms with van der Waals surface area (Å²) in [5.41, 5.74) is 1.80. The summed E-state index contributed by atoms with van der Waals surface area (Å²) >= 11 is 5.81. The molecule has 0 saturated heterocycles. The summed E-state index contributed by atoms with van der Waals surface area (Å²) in [5, 5.41) is 6.82. The van der Waals surface area contributed by atoms with Gasteiger partial charge in [0.2, 0.25) is 5.91 Å². The number of alkyl carbamates (subject to hydrolysis) is 1. The van der Waals surface area contributed by atoms with E-state index in [9.17, 15) is 9.59 Å². The van der Waals surface area contributed by atoms with Crippen molar-refractivity contribution in [2.45, 2.75) is 38.8 Å². The van der Waals surface area contributed by atoms with Crippen LogP contribution in [-0.2, 0) is 23.0 Å². The highest BCUT2D eigenvalue weighted by Gasteiger charge is 2.26. The van der Waals surface area contributed by atoms with Crippen molar-refractivity contribution in [1.82, 2.24) is 14.9 Å². The molecule has 8 heteroatoms. The lowest BCUT2D eigenvalue weighted by Gasteiger charge is -2.23. The molecular weight excluding hydrogens is 404 g/mol. The topological polar surface area (TPSA) is 85.2 Å². The maximum absolute atomic E-state index is 13.0. The van der Waals surface area contributed by atoms with Crippen LogP contribution < -0.4 is 10.6 Å². The molecule has 0 aliphatic rings. The van der Waals surface area contributed by atoms with Crippen LogP contribution in [0.3, 0.4) is 0 Å². The highest BCUT2D eigenvalue weighted by Crippen LogP contribution is 2.22. The van der Waals surface area contributed by atoms with Gasteiger partial charge in [0, 0.05) is 30.6 Å². The Morgan fingerprint density at radius 2 is 1.93 bits per heavy atom. The number of anilines is 1. The van der Waals surface area contributed by atoms with Gasteiger partial charge in [0.1, 0.15) is 16.8 Å². The first kappa shape index (κ1) is 21.6. The highest BCUT2D eigenvalue weighted by atomic mass is 35.5. The number of ether oxygens (including phenoxy) is 1. The first-order valence-corrected chi connectivity index (χ1v) is 9.95. The number of aromatic nitrogens is 2. The Bertz CT molecular complexity index is 1050. The van der Waals surface area contributed by atoms with Gasteiger partial charge in [-0.05, 0) is 44.5 Å². The molecule has 0 aliphatic heterocycles. The first-order valence-electron chi connectivity index (χ1n) is 9.57. The fourth-order valence-corrected chi connectivity index (χ4v) is 3.26. The van der Waals surface area contributed by atoms with Crippen LogP contribution in [0.5, 0.6) is 0 Å². The second kappa shape index (κ2) is 8.75. The molecule has 1 atom stereocenters. The van der Waals surface area contributed by atoms with Crippen LogP contribution in [0.1, 0.15) is 26.3 Å².